The van der Waals surface area contributed by atoms with Crippen molar-refractivity contribution in [3.8, 4) is 0 Å². The minimum Gasteiger partial charge on any atom is -0.464 e. The Kier molecular flexibility index (Phi) is 3.83. The topological polar surface area (TPSA) is 87.5 Å². The van der Waals surface area contributed by atoms with Crippen LogP contribution in [-0.2, 0) is 9.53 Å². The molecule has 2 rings (SSSR count). The second-order valence-corrected chi connectivity index (χ2v) is 5.13. The molecule has 1 unspecified atom stereocenters. The number of anilines is 1. The van der Waals surface area contributed by atoms with E-state index >= 15 is 0 Å². The monoisotopic (exact) mass is 278 g/mol. The lowest BCUT2D eigenvalue weighted by atomic mass is 10.2. The van der Waals surface area contributed by atoms with Gasteiger partial charge in [-0.15, -0.1) is 0 Å². The quantitative estimate of drug-likeness (QED) is 0.682. The number of aromatic nitrogens is 1. The first kappa shape index (κ1) is 14.2. The minimum absolute atomic E-state index is 0.231. The molecular weight excluding hydrogens is 260 g/mol. The summed E-state index contributed by atoms with van der Waals surface area (Å²) < 4.78 is 11.5. The molecule has 0 bridgehead atoms. The number of hydrogen-bond acceptors (Lipinski definition) is 5. The van der Waals surface area contributed by atoms with Crippen molar-refractivity contribution in [2.24, 2.45) is 5.92 Å². The summed E-state index contributed by atoms with van der Waals surface area (Å²) in [6, 6.07) is 4.19. The van der Waals surface area contributed by atoms with E-state index < -0.39 is 17.8 Å². The maximum absolute atomic E-state index is 12.0. The number of carbonyl (C=O) groups is 1. The van der Waals surface area contributed by atoms with Crippen LogP contribution in [0, 0.1) is 5.92 Å². The molecule has 0 spiro atoms. The first-order chi connectivity index (χ1) is 9.41. The van der Waals surface area contributed by atoms with Crippen LogP contribution in [0.2, 0.25) is 0 Å². The van der Waals surface area contributed by atoms with Gasteiger partial charge in [-0.25, -0.2) is 9.59 Å². The third-order valence-electron chi connectivity index (χ3n) is 2.95. The lowest BCUT2D eigenvalue weighted by molar-refractivity contribution is -0.148. The van der Waals surface area contributed by atoms with Crippen molar-refractivity contribution in [2.75, 3.05) is 12.3 Å². The van der Waals surface area contributed by atoms with Crippen molar-refractivity contribution >= 4 is 22.8 Å². The van der Waals surface area contributed by atoms with E-state index in [-0.39, 0.29) is 5.92 Å². The predicted molar refractivity (Wildman–Crippen MR) is 75.4 cm³/mol. The molecule has 20 heavy (non-hydrogen) atoms. The molecule has 0 radical (unpaired) electrons. The summed E-state index contributed by atoms with van der Waals surface area (Å²) in [6.07, 6.45) is 0. The van der Waals surface area contributed by atoms with Gasteiger partial charge in [0.2, 0.25) is 0 Å². The van der Waals surface area contributed by atoms with Crippen molar-refractivity contribution < 1.29 is 13.9 Å². The lowest BCUT2D eigenvalue weighted by Gasteiger charge is -2.14. The van der Waals surface area contributed by atoms with Gasteiger partial charge in [-0.1, -0.05) is 19.9 Å². The van der Waals surface area contributed by atoms with Crippen molar-refractivity contribution in [1.29, 1.82) is 0 Å². The lowest BCUT2D eigenvalue weighted by Crippen LogP contribution is -2.27. The maximum atomic E-state index is 12.0. The van der Waals surface area contributed by atoms with E-state index in [1.807, 2.05) is 13.8 Å². The molecule has 6 heteroatoms. The molecule has 6 nitrogen and oxygen atoms in total. The number of oxazole rings is 1. The molecule has 2 aromatic rings. The van der Waals surface area contributed by atoms with Crippen LogP contribution < -0.4 is 11.5 Å². The maximum Gasteiger partial charge on any atom is 0.420 e. The largest absolute Gasteiger partial charge is 0.464 e. The number of carbonyl (C=O) groups excluding carboxylic acids is 1. The summed E-state index contributed by atoms with van der Waals surface area (Å²) in [5.41, 5.74) is 7.03. The molecule has 1 aromatic heterocycles. The number of rotatable bonds is 4. The van der Waals surface area contributed by atoms with Gasteiger partial charge in [0.1, 0.15) is 11.6 Å². The number of para-hydroxylation sites is 1. The number of ether oxygens (including phenoxy) is 1. The second-order valence-electron chi connectivity index (χ2n) is 5.13. The molecule has 1 heterocycles. The zero-order valence-electron chi connectivity index (χ0n) is 11.8. The number of nitrogen functional groups attached to an aromatic ring is 1. The highest BCUT2D eigenvalue weighted by atomic mass is 16.5. The Morgan fingerprint density at radius 1 is 1.40 bits per heavy atom. The Balaban J connectivity index is 2.39. The highest BCUT2D eigenvalue weighted by Crippen LogP contribution is 2.23. The molecule has 0 fully saturated rings. The van der Waals surface area contributed by atoms with Crippen molar-refractivity contribution in [3.05, 3.63) is 28.7 Å². The minimum atomic E-state index is -0.785. The normalized spacial score (nSPS) is 12.8. The van der Waals surface area contributed by atoms with Crippen LogP contribution in [0.1, 0.15) is 26.8 Å². The van der Waals surface area contributed by atoms with Crippen LogP contribution in [0.5, 0.6) is 0 Å². The Hall–Kier alpha value is -2.24. The fraction of sp³-hybridized carbons (Fsp3) is 0.429. The van der Waals surface area contributed by atoms with Gasteiger partial charge in [0, 0.05) is 0 Å². The summed E-state index contributed by atoms with van der Waals surface area (Å²) in [6.45, 7) is 5.78. The number of fused-ring (bicyclic) bond motifs is 1. The van der Waals surface area contributed by atoms with Crippen LogP contribution in [-0.4, -0.2) is 17.1 Å². The highest BCUT2D eigenvalue weighted by molar-refractivity contribution is 5.87. The number of esters is 1. The van der Waals surface area contributed by atoms with Gasteiger partial charge in [0.05, 0.1) is 12.3 Å². The van der Waals surface area contributed by atoms with E-state index in [0.717, 1.165) is 0 Å². The number of nitrogens with two attached hydrogens (primary N) is 1. The van der Waals surface area contributed by atoms with Crippen LogP contribution in [0.25, 0.3) is 11.1 Å². The molecule has 2 N–H and O–H groups in total. The van der Waals surface area contributed by atoms with E-state index in [2.05, 4.69) is 0 Å². The Bertz CT molecular complexity index is 684. The first-order valence-electron chi connectivity index (χ1n) is 6.48. The Morgan fingerprint density at radius 2 is 2.10 bits per heavy atom. The molecule has 0 saturated heterocycles. The highest BCUT2D eigenvalue weighted by Gasteiger charge is 2.23. The van der Waals surface area contributed by atoms with Gasteiger partial charge in [-0.05, 0) is 25.0 Å². The molecule has 0 aliphatic heterocycles. The SMILES string of the molecule is CC(C)COC(=O)C(C)n1c(=O)oc2cccc(N)c21. The van der Waals surface area contributed by atoms with Crippen molar-refractivity contribution in [1.82, 2.24) is 4.57 Å². The van der Waals surface area contributed by atoms with E-state index in [4.69, 9.17) is 14.9 Å². The Morgan fingerprint density at radius 3 is 2.75 bits per heavy atom. The summed E-state index contributed by atoms with van der Waals surface area (Å²) in [5.74, 6) is -0.868. The van der Waals surface area contributed by atoms with Gasteiger partial charge in [0.25, 0.3) is 0 Å². The van der Waals surface area contributed by atoms with Crippen molar-refractivity contribution in [3.63, 3.8) is 0 Å². The van der Waals surface area contributed by atoms with E-state index in [1.165, 1.54) is 4.57 Å². The number of nitrogens with zero attached hydrogens (tertiary/aromatic N) is 1. The molecule has 1 aromatic carbocycles. The van der Waals surface area contributed by atoms with Crippen LogP contribution >= 0.6 is 0 Å². The Labute approximate surface area is 116 Å². The molecule has 0 aliphatic carbocycles. The molecule has 0 aliphatic rings. The second kappa shape index (κ2) is 5.40. The fourth-order valence-electron chi connectivity index (χ4n) is 1.94. The predicted octanol–water partition coefficient (Wildman–Crippen LogP) is 1.94. The summed E-state index contributed by atoms with van der Waals surface area (Å²) in [7, 11) is 0. The molecule has 1 atom stereocenters. The zero-order chi connectivity index (χ0) is 14.9. The van der Waals surface area contributed by atoms with Crippen LogP contribution in [0.3, 0.4) is 0 Å². The van der Waals surface area contributed by atoms with Gasteiger partial charge in [-0.2, -0.15) is 0 Å². The molecule has 0 amide bonds. The van der Waals surface area contributed by atoms with Crippen LogP contribution in [0.4, 0.5) is 5.69 Å². The van der Waals surface area contributed by atoms with Crippen molar-refractivity contribution in [2.45, 2.75) is 26.8 Å². The third kappa shape index (κ3) is 2.54. The smallest absolute Gasteiger partial charge is 0.420 e. The number of benzene rings is 1. The number of hydrogen-bond donors (Lipinski definition) is 1. The summed E-state index contributed by atoms with van der Waals surface area (Å²) >= 11 is 0. The first-order valence-corrected chi connectivity index (χ1v) is 6.48. The van der Waals surface area contributed by atoms with E-state index in [1.54, 1.807) is 25.1 Å². The van der Waals surface area contributed by atoms with Crippen LogP contribution in [0.15, 0.2) is 27.4 Å². The third-order valence-corrected chi connectivity index (χ3v) is 2.95. The average Bonchev–Trinajstić information content (AvgIpc) is 2.72. The van der Waals surface area contributed by atoms with Gasteiger partial charge in [0.15, 0.2) is 5.58 Å². The van der Waals surface area contributed by atoms with E-state index in [0.29, 0.717) is 23.4 Å². The molecule has 0 saturated carbocycles. The molecular formula is C14H18N2O4. The van der Waals surface area contributed by atoms with Gasteiger partial charge >= 0.3 is 11.7 Å². The molecule has 108 valence electrons. The standard InChI is InChI=1S/C14H18N2O4/c1-8(2)7-19-13(17)9(3)16-12-10(15)5-4-6-11(12)20-14(16)18/h4-6,8-9H,7,15H2,1-3H3. The van der Waals surface area contributed by atoms with E-state index in [9.17, 15) is 9.59 Å². The summed E-state index contributed by atoms with van der Waals surface area (Å²) in [5, 5.41) is 0. The zero-order valence-corrected chi connectivity index (χ0v) is 11.8. The average molecular weight is 278 g/mol. The fourth-order valence-corrected chi connectivity index (χ4v) is 1.94. The van der Waals surface area contributed by atoms with Gasteiger partial charge < -0.3 is 14.9 Å². The van der Waals surface area contributed by atoms with Gasteiger partial charge in [-0.3, -0.25) is 4.57 Å². The summed E-state index contributed by atoms with van der Waals surface area (Å²) in [4.78, 5) is 23.9.